The van der Waals surface area contributed by atoms with Gasteiger partial charge >= 0.3 is 0 Å². The maximum atomic E-state index is 2.66. The Balaban J connectivity index is 0. The Labute approximate surface area is 897 Å². The molecule has 0 bridgehead atoms. The van der Waals surface area contributed by atoms with Crippen molar-refractivity contribution in [3.63, 3.8) is 0 Å². The number of hydrogen-bond acceptors (Lipinski definition) is 13. The van der Waals surface area contributed by atoms with Crippen LogP contribution in [0.1, 0.15) is 499 Å². The van der Waals surface area contributed by atoms with Gasteiger partial charge in [-0.3, -0.25) is 63.7 Å². The molecule has 0 amide bonds. The molecule has 0 N–H and O–H groups in total. The summed E-state index contributed by atoms with van der Waals surface area (Å²) in [6, 6.07) is 16.8. The Kier molecular flexibility index (Phi) is 60.5. The summed E-state index contributed by atoms with van der Waals surface area (Å²) in [4.78, 5) is 34.0. The summed E-state index contributed by atoms with van der Waals surface area (Å²) in [6.07, 6.45) is 10.4. The van der Waals surface area contributed by atoms with Crippen molar-refractivity contribution in [2.45, 2.75) is 615 Å². The molecular weight excluding hydrogens is 1730 g/mol. The van der Waals surface area contributed by atoms with Crippen molar-refractivity contribution in [1.29, 1.82) is 0 Å². The summed E-state index contributed by atoms with van der Waals surface area (Å²) in [5.74, 6) is 8.48. The number of benzene rings is 1. The van der Waals surface area contributed by atoms with Crippen LogP contribution in [0.15, 0.2) is 35.9 Å². The molecule has 0 aromatic heterocycles. The minimum Gasteiger partial charge on any atom is -0.298 e. The van der Waals surface area contributed by atoms with Gasteiger partial charge in [0, 0.05) is 227 Å². The lowest BCUT2D eigenvalue weighted by atomic mass is 9.70. The van der Waals surface area contributed by atoms with Crippen LogP contribution in [0, 0.1) is 58.7 Å². The van der Waals surface area contributed by atoms with Crippen molar-refractivity contribution < 1.29 is 0 Å². The van der Waals surface area contributed by atoms with Crippen molar-refractivity contribution in [2.24, 2.45) is 58.7 Å². The molecule has 142 heavy (non-hydrogen) atoms. The summed E-state index contributed by atoms with van der Waals surface area (Å²) in [6.45, 7) is 168. The number of hydrogen-bond donors (Lipinski definition) is 0. The predicted molar refractivity (Wildman–Crippen MR) is 645 cm³/mol. The Morgan fingerprint density at radius 1 is 0.282 bits per heavy atom. The van der Waals surface area contributed by atoms with Crippen LogP contribution in [0.4, 0.5) is 0 Å². The highest BCUT2D eigenvalue weighted by Gasteiger charge is 2.46. The molecule has 8 fully saturated rings. The Bertz CT molecular complexity index is 3290. The Morgan fingerprint density at radius 2 is 0.655 bits per heavy atom. The molecule has 13 heteroatoms. The normalized spacial score (nSPS) is 26.6. The van der Waals surface area contributed by atoms with E-state index in [0.717, 1.165) is 77.4 Å². The zero-order valence-electron chi connectivity index (χ0n) is 108. The molecule has 0 saturated carbocycles. The molecule has 1 aromatic carbocycles. The molecule has 10 rings (SSSR count). The first-order chi connectivity index (χ1) is 63.4. The lowest BCUT2D eigenvalue weighted by Crippen LogP contribution is -2.63. The highest BCUT2D eigenvalue weighted by molar-refractivity contribution is 5.29. The van der Waals surface area contributed by atoms with E-state index in [9.17, 15) is 0 Å². The van der Waals surface area contributed by atoms with Gasteiger partial charge in [-0.2, -0.15) is 0 Å². The fourth-order valence-corrected chi connectivity index (χ4v) is 24.2. The zero-order valence-corrected chi connectivity index (χ0v) is 108. The van der Waals surface area contributed by atoms with Crippen molar-refractivity contribution in [1.82, 2.24) is 63.7 Å². The van der Waals surface area contributed by atoms with Crippen LogP contribution in [0.5, 0.6) is 0 Å². The minimum absolute atomic E-state index is 0. The van der Waals surface area contributed by atoms with Crippen molar-refractivity contribution in [2.75, 3.05) is 118 Å². The van der Waals surface area contributed by atoms with Crippen LogP contribution >= 0.6 is 0 Å². The molecule has 9 heterocycles. The summed E-state index contributed by atoms with van der Waals surface area (Å²) < 4.78 is 0. The van der Waals surface area contributed by atoms with Gasteiger partial charge in [-0.1, -0.05) is 175 Å². The third kappa shape index (κ3) is 49.7. The average molecular weight is 2000 g/mol. The van der Waals surface area contributed by atoms with E-state index in [2.05, 4.69) is 516 Å². The third-order valence-electron chi connectivity index (χ3n) is 33.7. The molecule has 13 atom stereocenters. The van der Waals surface area contributed by atoms with Crippen LogP contribution in [0.3, 0.4) is 0 Å². The molecule has 1 aromatic rings. The fraction of sp³-hybridized carbons (Fsp3) is 0.938. The number of likely N-dealkylation sites (tertiary alicyclic amines) is 4. The first kappa shape index (κ1) is 142. The molecule has 0 radical (unpaired) electrons. The van der Waals surface area contributed by atoms with Crippen LogP contribution in [0.25, 0.3) is 0 Å². The average Bonchev–Trinajstić information content (AvgIpc) is 0.815. The van der Waals surface area contributed by atoms with E-state index in [1.165, 1.54) is 167 Å². The van der Waals surface area contributed by atoms with Gasteiger partial charge in [0.1, 0.15) is 0 Å². The van der Waals surface area contributed by atoms with Gasteiger partial charge in [0.15, 0.2) is 0 Å². The van der Waals surface area contributed by atoms with Gasteiger partial charge in [0.25, 0.3) is 0 Å². The van der Waals surface area contributed by atoms with Gasteiger partial charge in [0.2, 0.25) is 0 Å². The van der Waals surface area contributed by atoms with E-state index in [1.807, 2.05) is 13.8 Å². The lowest BCUT2D eigenvalue weighted by molar-refractivity contribution is -0.0630. The standard InChI is InChI=1S/2C14H30N2.2C13H27N.C13H25N.C13H20.2C12H26N2.2C11H23N.C2H6.CH4/c2*1-12-8-9-15(13(2,3)4)10-11-16(12)14(5,6)7;1-10(2)12-7-8-14(9-11(12)3)13(4,5)6;2*1-10(2)12-7-8-14(11(3)9-12)13(4,5)6;1-10(2)11-6-8-12(9-7-11)13(3,4)5;1-10(2)14-8-7-13(9-11(14)3)12(4,5)6;1-10(2)13-7-8-14(11(3)9-13)12(4,5)6;1-8(2)12-7-10(9(12)3)11(4,5)6;1-8(2)10-7-12(9(10)3)11(4,5)6;1-2;/h2*12H,8-11H2,1-7H3;2*10-12H,7-9H2,1-6H3;9-11H,7-8H2,1-6H3;6-10H,1-5H3;2*10-11H,7-9H2,1-6H3;2*8-10H,7H2,1-6H3;1-2H3;1H4. The fourth-order valence-electron chi connectivity index (χ4n) is 24.2. The third-order valence-corrected chi connectivity index (χ3v) is 33.7. The quantitative estimate of drug-likeness (QED) is 0.232. The number of nitrogens with zero attached hydrogens (tertiary/aromatic N) is 13. The summed E-state index contributed by atoms with van der Waals surface area (Å²) in [5, 5.41) is 0. The van der Waals surface area contributed by atoms with E-state index in [-0.39, 0.29) is 12.8 Å². The van der Waals surface area contributed by atoms with Crippen LogP contribution in [-0.4, -0.2) is 303 Å². The number of piperazine rings is 2. The monoisotopic (exact) mass is 2000 g/mol. The second-order valence-corrected chi connectivity index (χ2v) is 60.2. The molecule has 8 saturated heterocycles. The molecule has 13 unspecified atom stereocenters. The van der Waals surface area contributed by atoms with Gasteiger partial charge in [-0.25, -0.2) is 0 Å². The van der Waals surface area contributed by atoms with Gasteiger partial charge in [-0.15, -0.1) is 0 Å². The molecule has 13 nitrogen and oxygen atoms in total. The van der Waals surface area contributed by atoms with Crippen LogP contribution < -0.4 is 0 Å². The summed E-state index contributed by atoms with van der Waals surface area (Å²) in [7, 11) is 0. The predicted octanol–water partition coefficient (Wildman–Crippen LogP) is 32.1. The second-order valence-electron chi connectivity index (χ2n) is 60.2. The highest BCUT2D eigenvalue weighted by Crippen LogP contribution is 2.42. The topological polar surface area (TPSA) is 42.1 Å². The summed E-state index contributed by atoms with van der Waals surface area (Å²) >= 11 is 0. The number of rotatable bonds is 8. The molecule has 0 spiro atoms. The van der Waals surface area contributed by atoms with E-state index in [4.69, 9.17) is 0 Å². The van der Waals surface area contributed by atoms with Crippen molar-refractivity contribution in [3.8, 4) is 0 Å². The Morgan fingerprint density at radius 3 is 0.951 bits per heavy atom. The second kappa shape index (κ2) is 60.3. The van der Waals surface area contributed by atoms with E-state index >= 15 is 0 Å². The van der Waals surface area contributed by atoms with Crippen LogP contribution in [0.2, 0.25) is 0 Å². The van der Waals surface area contributed by atoms with Crippen molar-refractivity contribution in [3.05, 3.63) is 47.0 Å². The van der Waals surface area contributed by atoms with Gasteiger partial charge < -0.3 is 0 Å². The molecule has 0 aliphatic carbocycles. The van der Waals surface area contributed by atoms with Crippen molar-refractivity contribution >= 4 is 0 Å². The Hall–Kier alpha value is -1.56. The molecular formula is C129H267N13. The maximum Gasteiger partial charge on any atom is 0.0257 e. The van der Waals surface area contributed by atoms with E-state index in [0.29, 0.717) is 109 Å². The molecule has 9 aliphatic rings. The van der Waals surface area contributed by atoms with E-state index in [1.54, 1.807) is 5.57 Å². The smallest absolute Gasteiger partial charge is 0.0257 e. The zero-order chi connectivity index (χ0) is 111. The number of piperidine rings is 2. The van der Waals surface area contributed by atoms with Crippen LogP contribution in [-0.2, 0) is 5.41 Å². The SMILES string of the molecule is C.CC.CC(C)C1=CC(C)N(C(C)(C)C)CC1.CC(C)C1CCN(C(C)(C)C)C(C)C1.CC(C)C1CCN(C(C)(C)C)CC1C.CC(C)C1CN(C(C)(C)C)C1C.CC(C)N1CC(C(C)(C)C)C1C.CC(C)N1CCN(C(C)(C)C)C(C)C1.CC(C)N1CCN(C(C)(C)C)CC1C.CC(C)c1ccc(C(C)(C)C)cc1.CC1CCN(C(C)(C)C)CCN1C(C)(C)C.CC1CCN(C(C)(C)C)CCN1C(C)(C)C. The maximum absolute atomic E-state index is 2.66. The first-order valence-corrected chi connectivity index (χ1v) is 59.1. The van der Waals surface area contributed by atoms with Gasteiger partial charge in [0.05, 0.1) is 0 Å². The molecule has 848 valence electrons. The lowest BCUT2D eigenvalue weighted by Gasteiger charge is -2.55. The van der Waals surface area contributed by atoms with Gasteiger partial charge in [-0.05, 0) is 437 Å². The molecule has 9 aliphatic heterocycles. The highest BCUT2D eigenvalue weighted by atomic mass is 15.3. The largest absolute Gasteiger partial charge is 0.298 e. The summed E-state index contributed by atoms with van der Waals surface area (Å²) in [5.41, 5.74) is 8.49. The minimum atomic E-state index is 0. The van der Waals surface area contributed by atoms with E-state index < -0.39 is 0 Å². The first-order valence-electron chi connectivity index (χ1n) is 59.1.